The van der Waals surface area contributed by atoms with Crippen LogP contribution in [0, 0.1) is 3.57 Å². The first kappa shape index (κ1) is 23.3. The van der Waals surface area contributed by atoms with Crippen LogP contribution in [0.5, 0.6) is 11.5 Å². The number of benzene rings is 3. The summed E-state index contributed by atoms with van der Waals surface area (Å²) >= 11 is 3.48. The molecule has 1 saturated heterocycles. The third-order valence-electron chi connectivity index (χ3n) is 5.78. The molecule has 9 heteroatoms. The molecule has 0 aliphatic carbocycles. The lowest BCUT2D eigenvalue weighted by Crippen LogP contribution is -2.29. The summed E-state index contributed by atoms with van der Waals surface area (Å²) in [5.41, 5.74) is 1.80. The van der Waals surface area contributed by atoms with Gasteiger partial charge in [-0.25, -0.2) is 4.98 Å². The van der Waals surface area contributed by atoms with Crippen LogP contribution in [-0.4, -0.2) is 36.0 Å². The number of ether oxygens (including phenoxy) is 2. The lowest BCUT2D eigenvalue weighted by Gasteiger charge is -2.23. The Bertz CT molecular complexity index is 1480. The van der Waals surface area contributed by atoms with Gasteiger partial charge in [-0.1, -0.05) is 23.5 Å². The number of anilines is 1. The fraction of sp³-hybridized carbons (Fsp3) is 0.115. The number of hydrogen-bond acceptors (Lipinski definition) is 7. The Hall–Kier alpha value is -3.44. The van der Waals surface area contributed by atoms with Crippen molar-refractivity contribution in [2.75, 3.05) is 19.1 Å². The number of hydrogen-bond donors (Lipinski definition) is 1. The Morgan fingerprint density at radius 2 is 1.63 bits per heavy atom. The van der Waals surface area contributed by atoms with E-state index >= 15 is 0 Å². The second kappa shape index (κ2) is 9.31. The number of methoxy groups -OCH3 is 2. The molecular formula is C26H19IN2O5S. The van der Waals surface area contributed by atoms with Crippen LogP contribution in [0.1, 0.15) is 17.2 Å². The Labute approximate surface area is 218 Å². The van der Waals surface area contributed by atoms with Gasteiger partial charge in [0.2, 0.25) is 0 Å². The minimum atomic E-state index is -0.837. The summed E-state index contributed by atoms with van der Waals surface area (Å²) in [7, 11) is 3.13. The summed E-state index contributed by atoms with van der Waals surface area (Å²) in [6.45, 7) is 0. The van der Waals surface area contributed by atoms with Gasteiger partial charge in [-0.2, -0.15) is 0 Å². The molecule has 0 spiro atoms. The van der Waals surface area contributed by atoms with Gasteiger partial charge in [0.05, 0.1) is 36.1 Å². The molecule has 1 unspecified atom stereocenters. The minimum Gasteiger partial charge on any atom is -0.507 e. The van der Waals surface area contributed by atoms with Crippen molar-refractivity contribution in [1.82, 2.24) is 4.98 Å². The second-order valence-corrected chi connectivity index (χ2v) is 10.0. The second-order valence-electron chi connectivity index (χ2n) is 7.78. The average molecular weight is 598 g/mol. The Morgan fingerprint density at radius 3 is 2.29 bits per heavy atom. The molecular weight excluding hydrogens is 579 g/mol. The van der Waals surface area contributed by atoms with Crippen LogP contribution in [0.4, 0.5) is 5.13 Å². The van der Waals surface area contributed by atoms with E-state index in [-0.39, 0.29) is 11.3 Å². The van der Waals surface area contributed by atoms with Crippen LogP contribution in [0.3, 0.4) is 0 Å². The van der Waals surface area contributed by atoms with E-state index in [1.54, 1.807) is 44.6 Å². The van der Waals surface area contributed by atoms with Gasteiger partial charge >= 0.3 is 5.91 Å². The van der Waals surface area contributed by atoms with E-state index in [0.29, 0.717) is 33.3 Å². The van der Waals surface area contributed by atoms with Crippen molar-refractivity contribution in [3.8, 4) is 11.5 Å². The number of Topliss-reactive ketones (excluding diaryl/α,β-unsaturated/α-hetero) is 1. The maximum Gasteiger partial charge on any atom is 0.301 e. The highest BCUT2D eigenvalue weighted by Crippen LogP contribution is 2.44. The number of aliphatic hydroxyl groups excluding tert-OH is 1. The first-order valence-electron chi connectivity index (χ1n) is 10.6. The van der Waals surface area contributed by atoms with Crippen molar-refractivity contribution in [2.45, 2.75) is 6.04 Å². The number of carbonyl (C=O) groups excluding carboxylic acids is 2. The van der Waals surface area contributed by atoms with Gasteiger partial charge in [0.15, 0.2) is 5.13 Å². The van der Waals surface area contributed by atoms with Gasteiger partial charge in [-0.05, 0) is 82.8 Å². The van der Waals surface area contributed by atoms with E-state index in [4.69, 9.17) is 9.47 Å². The fourth-order valence-corrected chi connectivity index (χ4v) is 5.40. The SMILES string of the molecule is COc1ccc(/C(O)=C2\C(=O)C(=O)N(c3nc4ccc(OC)cc4s3)C2c2ccc(I)cc2)cc1. The monoisotopic (exact) mass is 598 g/mol. The van der Waals surface area contributed by atoms with Gasteiger partial charge in [0.1, 0.15) is 17.3 Å². The number of aromatic nitrogens is 1. The first-order valence-corrected chi connectivity index (χ1v) is 12.5. The summed E-state index contributed by atoms with van der Waals surface area (Å²) in [5, 5.41) is 11.6. The lowest BCUT2D eigenvalue weighted by molar-refractivity contribution is -0.132. The normalized spacial score (nSPS) is 17.2. The highest BCUT2D eigenvalue weighted by atomic mass is 127. The van der Waals surface area contributed by atoms with E-state index < -0.39 is 17.7 Å². The number of amides is 1. The Morgan fingerprint density at radius 1 is 0.971 bits per heavy atom. The molecule has 1 fully saturated rings. The maximum atomic E-state index is 13.4. The zero-order valence-electron chi connectivity index (χ0n) is 18.7. The smallest absolute Gasteiger partial charge is 0.301 e. The molecule has 1 aromatic heterocycles. The van der Waals surface area contributed by atoms with E-state index in [9.17, 15) is 14.7 Å². The Kier molecular flexibility index (Phi) is 6.20. The fourth-order valence-electron chi connectivity index (χ4n) is 4.02. The molecule has 0 saturated carbocycles. The number of rotatable bonds is 5. The van der Waals surface area contributed by atoms with Crippen LogP contribution in [-0.2, 0) is 9.59 Å². The molecule has 4 aromatic rings. The molecule has 3 aromatic carbocycles. The zero-order valence-corrected chi connectivity index (χ0v) is 21.7. The predicted octanol–water partition coefficient (Wildman–Crippen LogP) is 5.54. The first-order chi connectivity index (χ1) is 16.9. The van der Waals surface area contributed by atoms with Crippen molar-refractivity contribution < 1.29 is 24.2 Å². The van der Waals surface area contributed by atoms with Gasteiger partial charge in [-0.3, -0.25) is 14.5 Å². The van der Waals surface area contributed by atoms with Crippen LogP contribution in [0.2, 0.25) is 0 Å². The summed E-state index contributed by atoms with van der Waals surface area (Å²) in [5.74, 6) is -0.474. The number of aliphatic hydroxyl groups is 1. The van der Waals surface area contributed by atoms with E-state index in [1.165, 1.54) is 16.2 Å². The van der Waals surface area contributed by atoms with Crippen molar-refractivity contribution in [1.29, 1.82) is 0 Å². The largest absolute Gasteiger partial charge is 0.507 e. The standard InChI is InChI=1S/C26H19IN2O5S/c1-33-17-9-5-15(6-10-17)23(30)21-22(14-3-7-16(27)8-4-14)29(25(32)24(21)31)26-28-19-12-11-18(34-2)13-20(19)35-26/h3-13,22,30H,1-2H3/b23-21+. The molecule has 1 N–H and O–H groups in total. The van der Waals surface area contributed by atoms with Crippen LogP contribution >= 0.6 is 33.9 Å². The molecule has 2 heterocycles. The molecule has 1 aliphatic rings. The molecule has 0 radical (unpaired) electrons. The molecule has 1 amide bonds. The zero-order chi connectivity index (χ0) is 24.7. The van der Waals surface area contributed by atoms with Crippen molar-refractivity contribution in [2.24, 2.45) is 0 Å². The predicted molar refractivity (Wildman–Crippen MR) is 143 cm³/mol. The number of carbonyl (C=O) groups is 2. The summed E-state index contributed by atoms with van der Waals surface area (Å²) in [6.07, 6.45) is 0. The number of fused-ring (bicyclic) bond motifs is 1. The van der Waals surface area contributed by atoms with Crippen molar-refractivity contribution in [3.63, 3.8) is 0 Å². The average Bonchev–Trinajstić information content (AvgIpc) is 3.41. The van der Waals surface area contributed by atoms with Gasteiger partial charge in [-0.15, -0.1) is 0 Å². The van der Waals surface area contributed by atoms with E-state index in [0.717, 1.165) is 8.27 Å². The Balaban J connectivity index is 1.69. The van der Waals surface area contributed by atoms with Crippen LogP contribution in [0.15, 0.2) is 72.3 Å². The van der Waals surface area contributed by atoms with Gasteiger partial charge < -0.3 is 14.6 Å². The number of ketones is 1. The molecule has 35 heavy (non-hydrogen) atoms. The van der Waals surface area contributed by atoms with Crippen molar-refractivity contribution >= 4 is 66.7 Å². The maximum absolute atomic E-state index is 13.4. The minimum absolute atomic E-state index is 0.0122. The summed E-state index contributed by atoms with van der Waals surface area (Å²) in [6, 6.07) is 18.8. The summed E-state index contributed by atoms with van der Waals surface area (Å²) < 4.78 is 12.3. The molecule has 1 atom stereocenters. The molecule has 176 valence electrons. The molecule has 0 bridgehead atoms. The highest BCUT2D eigenvalue weighted by molar-refractivity contribution is 14.1. The van der Waals surface area contributed by atoms with Gasteiger partial charge in [0, 0.05) is 9.13 Å². The summed E-state index contributed by atoms with van der Waals surface area (Å²) in [4.78, 5) is 32.7. The van der Waals surface area contributed by atoms with E-state index in [2.05, 4.69) is 27.6 Å². The molecule has 5 rings (SSSR count). The highest BCUT2D eigenvalue weighted by Gasteiger charge is 2.48. The number of halogens is 1. The quantitative estimate of drug-likeness (QED) is 0.140. The van der Waals surface area contributed by atoms with Gasteiger partial charge in [0.25, 0.3) is 5.78 Å². The topological polar surface area (TPSA) is 89.0 Å². The van der Waals surface area contributed by atoms with Crippen molar-refractivity contribution in [3.05, 3.63) is 87.0 Å². The molecule has 1 aliphatic heterocycles. The number of nitrogens with zero attached hydrogens (tertiary/aromatic N) is 2. The third kappa shape index (κ3) is 4.14. The van der Waals surface area contributed by atoms with Crippen LogP contribution < -0.4 is 14.4 Å². The molecule has 7 nitrogen and oxygen atoms in total. The van der Waals surface area contributed by atoms with Crippen LogP contribution in [0.25, 0.3) is 16.0 Å². The lowest BCUT2D eigenvalue weighted by atomic mass is 9.95. The third-order valence-corrected chi connectivity index (χ3v) is 7.52. The van der Waals surface area contributed by atoms with E-state index in [1.807, 2.05) is 36.4 Å². The number of thiazole rings is 1.